The molecular formula is C17H19N5O4. The number of benzene rings is 1. The second-order valence-electron chi connectivity index (χ2n) is 6.47. The second kappa shape index (κ2) is 6.58. The summed E-state index contributed by atoms with van der Waals surface area (Å²) in [6, 6.07) is 5.00. The summed E-state index contributed by atoms with van der Waals surface area (Å²) in [7, 11) is 0. The first-order valence-corrected chi connectivity index (χ1v) is 8.16. The molecule has 0 unspecified atom stereocenters. The molecule has 1 aliphatic rings. The number of hydrogen-bond acceptors (Lipinski definition) is 7. The first-order valence-electron chi connectivity index (χ1n) is 8.16. The number of hydrogen-bond donors (Lipinski definition) is 2. The Bertz CT molecular complexity index is 957. The molecule has 0 radical (unpaired) electrons. The van der Waals surface area contributed by atoms with Crippen molar-refractivity contribution in [3.63, 3.8) is 0 Å². The lowest BCUT2D eigenvalue weighted by atomic mass is 9.83. The Balaban J connectivity index is 2.25. The highest BCUT2D eigenvalue weighted by molar-refractivity contribution is 5.98. The van der Waals surface area contributed by atoms with Gasteiger partial charge in [0.05, 0.1) is 16.2 Å². The summed E-state index contributed by atoms with van der Waals surface area (Å²) >= 11 is 0. The van der Waals surface area contributed by atoms with Gasteiger partial charge in [0, 0.05) is 17.3 Å². The Kier molecular flexibility index (Phi) is 4.45. The van der Waals surface area contributed by atoms with E-state index in [2.05, 4.69) is 20.9 Å². The fourth-order valence-corrected chi connectivity index (χ4v) is 3.23. The van der Waals surface area contributed by atoms with E-state index in [0.717, 1.165) is 0 Å². The number of nitro groups is 1. The predicted octanol–water partition coefficient (Wildman–Crippen LogP) is 2.22. The van der Waals surface area contributed by atoms with Crippen LogP contribution in [0.15, 0.2) is 45.5 Å². The third-order valence-corrected chi connectivity index (χ3v) is 4.21. The van der Waals surface area contributed by atoms with Crippen LogP contribution in [-0.2, 0) is 4.79 Å². The molecule has 2 N–H and O–H groups in total. The van der Waals surface area contributed by atoms with Gasteiger partial charge in [-0.05, 0) is 44.1 Å². The SMILES string of the molecule is CC1=C(C(=O)NC(C)C)[C@@H](c2cccc3nonc23)C([N+](=O)[O-])=C(C)N1. The van der Waals surface area contributed by atoms with Crippen molar-refractivity contribution in [2.45, 2.75) is 39.7 Å². The lowest BCUT2D eigenvalue weighted by molar-refractivity contribution is -0.431. The van der Waals surface area contributed by atoms with E-state index in [1.165, 1.54) is 0 Å². The summed E-state index contributed by atoms with van der Waals surface area (Å²) < 4.78 is 4.79. The molecule has 136 valence electrons. The highest BCUT2D eigenvalue weighted by Gasteiger charge is 2.41. The molecule has 0 saturated carbocycles. The molecule has 0 aliphatic carbocycles. The Morgan fingerprint density at radius 3 is 2.69 bits per heavy atom. The van der Waals surface area contributed by atoms with Gasteiger partial charge in [-0.1, -0.05) is 12.1 Å². The van der Waals surface area contributed by atoms with Crippen LogP contribution in [0.3, 0.4) is 0 Å². The van der Waals surface area contributed by atoms with Gasteiger partial charge in [0.2, 0.25) is 5.91 Å². The van der Waals surface area contributed by atoms with Gasteiger partial charge in [0.25, 0.3) is 5.70 Å². The van der Waals surface area contributed by atoms with Crippen LogP contribution in [0.5, 0.6) is 0 Å². The molecule has 1 amide bonds. The minimum Gasteiger partial charge on any atom is -0.357 e. The minimum absolute atomic E-state index is 0.0972. The van der Waals surface area contributed by atoms with Crippen molar-refractivity contribution >= 4 is 16.9 Å². The van der Waals surface area contributed by atoms with Crippen LogP contribution < -0.4 is 10.6 Å². The fourth-order valence-electron chi connectivity index (χ4n) is 3.23. The number of dihydropyridines is 1. The Labute approximate surface area is 149 Å². The van der Waals surface area contributed by atoms with E-state index in [0.29, 0.717) is 28.0 Å². The van der Waals surface area contributed by atoms with Crippen LogP contribution in [0.4, 0.5) is 0 Å². The maximum atomic E-state index is 12.8. The van der Waals surface area contributed by atoms with Crippen LogP contribution in [0.25, 0.3) is 11.0 Å². The Morgan fingerprint density at radius 2 is 2.04 bits per heavy atom. The van der Waals surface area contributed by atoms with E-state index in [9.17, 15) is 14.9 Å². The highest BCUT2D eigenvalue weighted by atomic mass is 16.6. The Morgan fingerprint density at radius 1 is 1.31 bits per heavy atom. The molecule has 1 aliphatic heterocycles. The summed E-state index contributed by atoms with van der Waals surface area (Å²) in [6.45, 7) is 7.00. The van der Waals surface area contributed by atoms with Crippen LogP contribution >= 0.6 is 0 Å². The van der Waals surface area contributed by atoms with Gasteiger partial charge in [-0.3, -0.25) is 14.9 Å². The lowest BCUT2D eigenvalue weighted by Crippen LogP contribution is -2.38. The third-order valence-electron chi connectivity index (χ3n) is 4.21. The number of carbonyl (C=O) groups excluding carboxylic acids is 1. The average molecular weight is 357 g/mol. The molecule has 1 aromatic heterocycles. The van der Waals surface area contributed by atoms with Gasteiger partial charge < -0.3 is 10.6 Å². The van der Waals surface area contributed by atoms with Crippen LogP contribution in [0.2, 0.25) is 0 Å². The molecule has 26 heavy (non-hydrogen) atoms. The summed E-state index contributed by atoms with van der Waals surface area (Å²) in [5.74, 6) is -1.25. The normalized spacial score (nSPS) is 17.7. The fraction of sp³-hybridized carbons (Fsp3) is 0.353. The van der Waals surface area contributed by atoms with Crippen molar-refractivity contribution in [1.29, 1.82) is 0 Å². The van der Waals surface area contributed by atoms with Gasteiger partial charge >= 0.3 is 0 Å². The summed E-state index contributed by atoms with van der Waals surface area (Å²) in [6.07, 6.45) is 0. The van der Waals surface area contributed by atoms with E-state index >= 15 is 0 Å². The molecule has 1 aromatic carbocycles. The van der Waals surface area contributed by atoms with Crippen molar-refractivity contribution in [3.05, 3.63) is 56.5 Å². The monoisotopic (exact) mass is 357 g/mol. The van der Waals surface area contributed by atoms with Gasteiger partial charge in [0.1, 0.15) is 17.0 Å². The van der Waals surface area contributed by atoms with Crippen molar-refractivity contribution in [1.82, 2.24) is 20.9 Å². The maximum Gasteiger partial charge on any atom is 0.277 e. The number of amides is 1. The number of nitrogens with one attached hydrogen (secondary N) is 2. The molecule has 0 bridgehead atoms. The number of nitrogens with zero attached hydrogens (tertiary/aromatic N) is 3. The first-order chi connectivity index (χ1) is 12.3. The van der Waals surface area contributed by atoms with Crippen LogP contribution in [0.1, 0.15) is 39.2 Å². The van der Waals surface area contributed by atoms with Gasteiger partial charge in [-0.2, -0.15) is 0 Å². The van der Waals surface area contributed by atoms with Crippen molar-refractivity contribution in [2.75, 3.05) is 0 Å². The quantitative estimate of drug-likeness (QED) is 0.635. The zero-order chi connectivity index (χ0) is 19.0. The summed E-state index contributed by atoms with van der Waals surface area (Å²) in [5, 5.41) is 25.3. The van der Waals surface area contributed by atoms with Gasteiger partial charge in [-0.15, -0.1) is 0 Å². The first kappa shape index (κ1) is 17.6. The van der Waals surface area contributed by atoms with Crippen LogP contribution in [-0.4, -0.2) is 27.2 Å². The Hall–Kier alpha value is -3.23. The topological polar surface area (TPSA) is 123 Å². The van der Waals surface area contributed by atoms with E-state index < -0.39 is 10.8 Å². The van der Waals surface area contributed by atoms with Gasteiger partial charge in [-0.25, -0.2) is 4.63 Å². The molecular weight excluding hydrogens is 338 g/mol. The molecule has 0 saturated heterocycles. The maximum absolute atomic E-state index is 12.8. The van der Waals surface area contributed by atoms with Gasteiger partial charge in [0.15, 0.2) is 0 Å². The number of allylic oxidation sites excluding steroid dienone is 3. The van der Waals surface area contributed by atoms with E-state index in [-0.39, 0.29) is 23.2 Å². The van der Waals surface area contributed by atoms with E-state index in [1.54, 1.807) is 32.0 Å². The zero-order valence-corrected chi connectivity index (χ0v) is 14.9. The van der Waals surface area contributed by atoms with Crippen molar-refractivity contribution < 1.29 is 14.3 Å². The molecule has 2 aromatic rings. The smallest absolute Gasteiger partial charge is 0.277 e. The number of aromatic nitrogens is 2. The van der Waals surface area contributed by atoms with E-state index in [4.69, 9.17) is 4.63 Å². The lowest BCUT2D eigenvalue weighted by Gasteiger charge is -2.27. The zero-order valence-electron chi connectivity index (χ0n) is 14.9. The van der Waals surface area contributed by atoms with Crippen LogP contribution in [0, 0.1) is 10.1 Å². The number of carbonyl (C=O) groups is 1. The summed E-state index contributed by atoms with van der Waals surface area (Å²) in [4.78, 5) is 24.2. The molecule has 0 spiro atoms. The number of fused-ring (bicyclic) bond motifs is 1. The molecule has 9 heteroatoms. The third kappa shape index (κ3) is 2.92. The summed E-state index contributed by atoms with van der Waals surface area (Å²) in [5.41, 5.74) is 2.50. The minimum atomic E-state index is -0.888. The number of rotatable bonds is 4. The molecule has 9 nitrogen and oxygen atoms in total. The molecule has 1 atom stereocenters. The largest absolute Gasteiger partial charge is 0.357 e. The van der Waals surface area contributed by atoms with E-state index in [1.807, 2.05) is 13.8 Å². The second-order valence-corrected chi connectivity index (χ2v) is 6.47. The van der Waals surface area contributed by atoms with Crippen molar-refractivity contribution in [2.24, 2.45) is 0 Å². The molecule has 0 fully saturated rings. The molecule has 3 rings (SSSR count). The molecule has 2 heterocycles. The standard InChI is InChI=1S/C17H19N5O4/c1-8(2)18-17(23)13-9(3)19-10(4)16(22(24)25)14(13)11-6-5-7-12-15(11)21-26-20-12/h5-8,14,19H,1-4H3,(H,18,23)/t14-/m1/s1. The highest BCUT2D eigenvalue weighted by Crippen LogP contribution is 2.40. The van der Waals surface area contributed by atoms with Crippen molar-refractivity contribution in [3.8, 4) is 0 Å². The average Bonchev–Trinajstić information content (AvgIpc) is 3.01. The predicted molar refractivity (Wildman–Crippen MR) is 93.4 cm³/mol.